The number of ether oxygens (including phenoxy) is 3. The van der Waals surface area contributed by atoms with Crippen LogP contribution in [0.25, 0.3) is 22.3 Å². The summed E-state index contributed by atoms with van der Waals surface area (Å²) in [6.07, 6.45) is 5.70. The molecule has 2 amide bonds. The highest BCUT2D eigenvalue weighted by Gasteiger charge is 2.69. The summed E-state index contributed by atoms with van der Waals surface area (Å²) in [5.41, 5.74) is 1.20. The number of Topliss-reactive ketones (excluding diaryl/α,β-unsaturated/α-hetero) is 2. The smallest absolute Gasteiger partial charge is 0.343 e. The lowest BCUT2D eigenvalue weighted by atomic mass is 9.32. The highest BCUT2D eigenvalue weighted by molar-refractivity contribution is 7.97. The van der Waals surface area contributed by atoms with Crippen LogP contribution in [-0.2, 0) is 57.7 Å². The number of aromatic nitrogens is 2. The molecule has 326 valence electrons. The fraction of sp³-hybridized carbons (Fsp3) is 0.545. The Morgan fingerprint density at radius 3 is 2.28 bits per heavy atom. The molecule has 2 aromatic heterocycles. The number of cyclic esters (lactones) is 1. The monoisotopic (exact) mass is 860 g/mol. The maximum atomic E-state index is 14.0. The topological polar surface area (TPSA) is 230 Å². The number of hydrogen-bond donors (Lipinski definition) is 4. The van der Waals surface area contributed by atoms with E-state index in [2.05, 4.69) is 10.6 Å². The van der Waals surface area contributed by atoms with E-state index in [9.17, 15) is 38.7 Å². The number of pyridine rings is 2. The number of carbonyl (C=O) groups excluding carboxylic acids is 5. The average Bonchev–Trinajstić information content (AvgIpc) is 3.80. The van der Waals surface area contributed by atoms with E-state index in [1.807, 2.05) is 24.6 Å². The number of hydrogen-bond acceptors (Lipinski definition) is 13. The lowest BCUT2D eigenvalue weighted by Gasteiger charge is -2.71. The molecule has 0 saturated heterocycles. The van der Waals surface area contributed by atoms with Gasteiger partial charge in [-0.05, 0) is 79.6 Å². The Balaban J connectivity index is 0.00000182. The number of carboxylic acids is 1. The molecule has 4 N–H and O–H groups in total. The third kappa shape index (κ3) is 7.79. The number of nitrogens with zero attached hydrogens (tertiary/aromatic N) is 2. The van der Waals surface area contributed by atoms with Gasteiger partial charge >= 0.3 is 11.9 Å². The van der Waals surface area contributed by atoms with Gasteiger partial charge in [0.1, 0.15) is 6.61 Å². The fourth-order valence-electron chi connectivity index (χ4n) is 9.90. The quantitative estimate of drug-likeness (QED) is 0.124. The second-order valence-corrected chi connectivity index (χ2v) is 18.3. The number of nitrogens with one attached hydrogen (secondary N) is 2. The van der Waals surface area contributed by atoms with E-state index < -0.39 is 41.3 Å². The molecule has 0 unspecified atom stereocenters. The van der Waals surface area contributed by atoms with Crippen LogP contribution in [0.2, 0.25) is 0 Å². The predicted molar refractivity (Wildman–Crippen MR) is 223 cm³/mol. The first-order valence-electron chi connectivity index (χ1n) is 20.6. The van der Waals surface area contributed by atoms with E-state index in [1.165, 1.54) is 0 Å². The fourth-order valence-corrected chi connectivity index (χ4v) is 9.90. The molecule has 3 aliphatic carbocycles. The minimum absolute atomic E-state index is 0.0261. The molecule has 17 heteroatoms. The molecule has 61 heavy (non-hydrogen) atoms. The average molecular weight is 861 g/mol. The van der Waals surface area contributed by atoms with Crippen molar-refractivity contribution < 1.29 is 53.2 Å². The van der Waals surface area contributed by atoms with E-state index in [0.29, 0.717) is 47.7 Å². The van der Waals surface area contributed by atoms with Gasteiger partial charge in [0, 0.05) is 47.8 Å². The van der Waals surface area contributed by atoms with Gasteiger partial charge in [0.25, 0.3) is 5.56 Å². The number of carbonyl (C=O) groups is 6. The van der Waals surface area contributed by atoms with Crippen molar-refractivity contribution in [1.29, 1.82) is 0 Å². The van der Waals surface area contributed by atoms with E-state index >= 15 is 0 Å². The van der Waals surface area contributed by atoms with Crippen molar-refractivity contribution in [3.8, 4) is 22.9 Å². The summed E-state index contributed by atoms with van der Waals surface area (Å²) >= 11 is 1.75. The Morgan fingerprint density at radius 2 is 1.64 bits per heavy atom. The van der Waals surface area contributed by atoms with Gasteiger partial charge in [0.05, 0.1) is 48.0 Å². The molecule has 5 heterocycles. The number of thioether (sulfide) groups is 1. The Labute approximate surface area is 356 Å². The van der Waals surface area contributed by atoms with Crippen LogP contribution in [0.4, 0.5) is 0 Å². The van der Waals surface area contributed by atoms with Crippen LogP contribution < -0.4 is 25.7 Å². The molecule has 3 aliphatic heterocycles. The van der Waals surface area contributed by atoms with E-state index in [-0.39, 0.29) is 104 Å². The van der Waals surface area contributed by atoms with E-state index in [1.54, 1.807) is 50.1 Å². The molecule has 6 aliphatic rings. The molecule has 16 nitrogen and oxygen atoms in total. The summed E-state index contributed by atoms with van der Waals surface area (Å²) in [5, 5.41) is 26.2. The Morgan fingerprint density at radius 1 is 0.967 bits per heavy atom. The van der Waals surface area contributed by atoms with Crippen molar-refractivity contribution in [3.05, 3.63) is 50.8 Å². The van der Waals surface area contributed by atoms with Gasteiger partial charge < -0.3 is 39.6 Å². The second kappa shape index (κ2) is 16.5. The number of esters is 1. The van der Waals surface area contributed by atoms with Crippen LogP contribution in [-0.4, -0.2) is 87.0 Å². The third-order valence-corrected chi connectivity index (χ3v) is 12.9. The van der Waals surface area contributed by atoms with Crippen molar-refractivity contribution in [1.82, 2.24) is 20.2 Å². The number of aliphatic carboxylic acids is 1. The summed E-state index contributed by atoms with van der Waals surface area (Å²) < 4.78 is 18.3. The van der Waals surface area contributed by atoms with E-state index in [4.69, 9.17) is 24.3 Å². The standard InChI is InChI=1S/C42H46N4O12.C2H6S/c1-5-42(55)27-10-29-36-25(14-46(29)38(53)26(27)15-56-39(42)54)35(24-9-31-32(58-19-57-31)11-28(24)45-36)41-16-40(17-41,18-41)12-30(48)21(4)44-37(52)23(20(2)3)8-22(47)13-43-33(49)6-7-34(50)51;1-3-2/h9-11,20-21,23,55H,5-8,12-19H2,1-4H3,(H,43,49)(H,44,52)(H,50,51);1-2H3/t21-,23-,40?,41?,42-;/m0./s1. The molecule has 3 atom stereocenters. The first kappa shape index (κ1) is 43.8. The molecule has 0 spiro atoms. The Bertz CT molecular complexity index is 2410. The van der Waals surface area contributed by atoms with Crippen LogP contribution >= 0.6 is 11.8 Å². The van der Waals surface area contributed by atoms with Gasteiger partial charge in [-0.25, -0.2) is 9.78 Å². The molecule has 3 saturated carbocycles. The van der Waals surface area contributed by atoms with Gasteiger partial charge in [-0.3, -0.25) is 28.8 Å². The van der Waals surface area contributed by atoms with Crippen molar-refractivity contribution in [2.45, 2.75) is 109 Å². The molecule has 3 fully saturated rings. The third-order valence-electron chi connectivity index (χ3n) is 12.9. The number of ketones is 2. The number of rotatable bonds is 15. The SMILES string of the molecule is CC[C@@]1(O)C(=O)OCc2c1cc1n(c2=O)Cc2c-1nc1cc3c(cc1c2C12CC(CC(=O)[C@H](C)NC(=O)[C@@H](CC(=O)CNC(=O)CCC(=O)O)C(C)C)(C1)C2)OCO3.CSC. The first-order valence-corrected chi connectivity index (χ1v) is 22.2. The lowest BCUT2D eigenvalue weighted by molar-refractivity contribution is -0.172. The normalized spacial score (nSPS) is 23.2. The van der Waals surface area contributed by atoms with Crippen molar-refractivity contribution in [2.24, 2.45) is 17.3 Å². The Kier molecular flexibility index (Phi) is 11.9. The summed E-state index contributed by atoms with van der Waals surface area (Å²) in [4.78, 5) is 94.1. The van der Waals surface area contributed by atoms with Crippen molar-refractivity contribution in [2.75, 3.05) is 25.8 Å². The number of amides is 2. The van der Waals surface area contributed by atoms with Gasteiger partial charge in [0.2, 0.25) is 18.6 Å². The van der Waals surface area contributed by atoms with Crippen molar-refractivity contribution >= 4 is 58.0 Å². The van der Waals surface area contributed by atoms with Gasteiger partial charge in [-0.2, -0.15) is 11.8 Å². The number of carboxylic acid groups (broad SMARTS) is 1. The summed E-state index contributed by atoms with van der Waals surface area (Å²) in [6, 6.07) is 4.65. The minimum atomic E-state index is -1.96. The summed E-state index contributed by atoms with van der Waals surface area (Å²) in [7, 11) is 0. The van der Waals surface area contributed by atoms with Gasteiger partial charge in [0.15, 0.2) is 28.7 Å². The number of benzene rings is 1. The summed E-state index contributed by atoms with van der Waals surface area (Å²) in [5.74, 6) is -3.25. The highest BCUT2D eigenvalue weighted by atomic mass is 32.2. The number of aliphatic hydroxyl groups is 1. The molecule has 3 aromatic rings. The zero-order valence-corrected chi connectivity index (χ0v) is 36.0. The summed E-state index contributed by atoms with van der Waals surface area (Å²) in [6.45, 7) is 6.65. The molecule has 9 rings (SSSR count). The van der Waals surface area contributed by atoms with E-state index in [0.717, 1.165) is 16.5 Å². The Hall–Kier alpha value is -5.29. The predicted octanol–water partition coefficient (Wildman–Crippen LogP) is 3.89. The zero-order chi connectivity index (χ0) is 44.2. The zero-order valence-electron chi connectivity index (χ0n) is 35.2. The van der Waals surface area contributed by atoms with Crippen LogP contribution in [0.5, 0.6) is 11.5 Å². The molecule has 2 bridgehead atoms. The maximum Gasteiger partial charge on any atom is 0.343 e. The number of fused-ring (bicyclic) bond motifs is 6. The molecule has 0 radical (unpaired) electrons. The van der Waals surface area contributed by atoms with Crippen LogP contribution in [0, 0.1) is 17.3 Å². The molecular weight excluding hydrogens is 809 g/mol. The van der Waals surface area contributed by atoms with Crippen LogP contribution in [0.1, 0.15) is 101 Å². The molecule has 1 aromatic carbocycles. The minimum Gasteiger partial charge on any atom is -0.481 e. The van der Waals surface area contributed by atoms with Crippen molar-refractivity contribution in [3.63, 3.8) is 0 Å². The highest BCUT2D eigenvalue weighted by Crippen LogP contribution is 2.76. The largest absolute Gasteiger partial charge is 0.481 e. The van der Waals surface area contributed by atoms with Gasteiger partial charge in [-0.1, -0.05) is 20.8 Å². The maximum absolute atomic E-state index is 14.0. The molecular formula is C44H52N4O12S. The van der Waals surface area contributed by atoms with Gasteiger partial charge in [-0.15, -0.1) is 0 Å². The second-order valence-electron chi connectivity index (χ2n) is 17.5. The first-order chi connectivity index (χ1) is 28.9. The lowest BCUT2D eigenvalue weighted by Crippen LogP contribution is -2.66. The van der Waals surface area contributed by atoms with Crippen LogP contribution in [0.15, 0.2) is 23.0 Å². The van der Waals surface area contributed by atoms with Crippen LogP contribution in [0.3, 0.4) is 0 Å².